The topological polar surface area (TPSA) is 88.0 Å². The molecule has 0 N–H and O–H groups in total. The molecule has 2 rings (SSSR count). The molecule has 0 saturated heterocycles. The van der Waals surface area contributed by atoms with Crippen LogP contribution in [0.2, 0.25) is 0 Å². The number of carbonyl (C=O) groups excluding carboxylic acids is 2. The quantitative estimate of drug-likeness (QED) is 0.0488. The maximum absolute atomic E-state index is 10.2. The van der Waals surface area contributed by atoms with Gasteiger partial charge in [0.1, 0.15) is 13.1 Å². The van der Waals surface area contributed by atoms with Crippen molar-refractivity contribution in [2.45, 2.75) is 375 Å². The lowest BCUT2D eigenvalue weighted by Crippen LogP contribution is -2.32. The fourth-order valence-electron chi connectivity index (χ4n) is 10.0. The van der Waals surface area contributed by atoms with E-state index < -0.39 is 11.9 Å². The zero-order valence-electron chi connectivity index (χ0n) is 51.5. The van der Waals surface area contributed by atoms with Gasteiger partial charge in [-0.1, -0.05) is 322 Å². The lowest BCUT2D eigenvalue weighted by atomic mass is 10.0. The molecule has 0 saturated carbocycles. The van der Waals surface area contributed by atoms with Crippen molar-refractivity contribution in [1.29, 1.82) is 0 Å². The molecule has 0 radical (unpaired) electrons. The maximum atomic E-state index is 10.2. The molecule has 0 aliphatic heterocycles. The van der Waals surface area contributed by atoms with Crippen LogP contribution in [-0.4, -0.2) is 11.9 Å². The van der Waals surface area contributed by atoms with Gasteiger partial charge in [0, 0.05) is 49.0 Å². The van der Waals surface area contributed by atoms with Crippen molar-refractivity contribution in [3.05, 3.63) is 61.2 Å². The second-order valence-electron chi connectivity index (χ2n) is 22.7. The van der Waals surface area contributed by atoms with Crippen molar-refractivity contribution < 1.29 is 28.9 Å². The van der Waals surface area contributed by atoms with Gasteiger partial charge in [0.2, 0.25) is 0 Å². The Labute approximate surface area is 474 Å². The minimum Gasteiger partial charge on any atom is -0.550 e. The van der Waals surface area contributed by atoms with Gasteiger partial charge >= 0.3 is 0 Å². The fourth-order valence-corrected chi connectivity index (χ4v) is 10.0. The van der Waals surface area contributed by atoms with Gasteiger partial charge < -0.3 is 19.8 Å². The largest absolute Gasteiger partial charge is 0.550 e. The lowest BCUT2D eigenvalue weighted by molar-refractivity contribution is -0.697. The first-order valence-corrected chi connectivity index (χ1v) is 33.7. The number of hydrogen-bond acceptors (Lipinski definition) is 4. The highest BCUT2D eigenvalue weighted by atomic mass is 16.4. The van der Waals surface area contributed by atoms with Crippen molar-refractivity contribution in [2.75, 3.05) is 0 Å². The van der Waals surface area contributed by atoms with Crippen LogP contribution in [0, 0.1) is 0 Å². The molecule has 2 heterocycles. The van der Waals surface area contributed by atoms with Gasteiger partial charge in [0.05, 0.1) is 0 Å². The average molecular weight is 1060 g/mol. The molecule has 0 atom stereocenters. The van der Waals surface area contributed by atoms with E-state index in [0.717, 1.165) is 25.7 Å². The van der Waals surface area contributed by atoms with E-state index in [1.165, 1.54) is 308 Å². The molecule has 6 nitrogen and oxygen atoms in total. The van der Waals surface area contributed by atoms with Crippen molar-refractivity contribution in [3.63, 3.8) is 0 Å². The highest BCUT2D eigenvalue weighted by Gasteiger charge is 2.01. The first-order chi connectivity index (χ1) is 37.4. The van der Waals surface area contributed by atoms with Crippen LogP contribution in [0.3, 0.4) is 0 Å². The summed E-state index contributed by atoms with van der Waals surface area (Å²) >= 11 is 0. The zero-order valence-corrected chi connectivity index (χ0v) is 51.5. The summed E-state index contributed by atoms with van der Waals surface area (Å²) in [4.78, 5) is 20.4. The Bertz CT molecular complexity index is 1250. The standard InChI is InChI=1S/2C18H36O2.2C17H30N/c2*1-2-3-4-5-6-7-8-9-10-11-12-13-14-15-16-17-18(19)20;2*1-2-3-4-5-6-7-8-9-10-12-15-18-16-13-11-14-17-18/h2*2-17H2,1H3,(H,19,20);2*11,13-14,16-17H,2-10,12,15H2,1H3/q;;2*+1/p-2. The van der Waals surface area contributed by atoms with Crippen LogP contribution >= 0.6 is 0 Å². The SMILES string of the molecule is CCCCCCCCCCCCCCCCCC(=O)[O-].CCCCCCCCCCCCCCCCCC(=O)[O-].CCCCCCCCCCCC[n+]1ccccc1.CCCCCCCCCCCC[n+]1ccccc1. The van der Waals surface area contributed by atoms with Crippen LogP contribution in [0.5, 0.6) is 0 Å². The maximum Gasteiger partial charge on any atom is 0.168 e. The Morgan fingerprint density at radius 2 is 0.395 bits per heavy atom. The van der Waals surface area contributed by atoms with E-state index in [1.807, 2.05) is 0 Å². The summed E-state index contributed by atoms with van der Waals surface area (Å²) in [6, 6.07) is 12.6. The van der Waals surface area contributed by atoms with Crippen LogP contribution in [-0.2, 0) is 22.7 Å². The molecule has 2 aromatic heterocycles. The van der Waals surface area contributed by atoms with Crippen LogP contribution in [0.1, 0.15) is 362 Å². The molecule has 0 fully saturated rings. The number of hydrogen-bond donors (Lipinski definition) is 0. The van der Waals surface area contributed by atoms with E-state index in [1.54, 1.807) is 0 Å². The van der Waals surface area contributed by atoms with Gasteiger partial charge in [0.15, 0.2) is 24.8 Å². The fraction of sp³-hybridized carbons (Fsp3) is 0.829. The summed E-state index contributed by atoms with van der Waals surface area (Å²) in [6.07, 6.45) is 76.6. The van der Waals surface area contributed by atoms with Crippen LogP contribution in [0.15, 0.2) is 61.2 Å². The molecule has 6 heteroatoms. The van der Waals surface area contributed by atoms with E-state index in [-0.39, 0.29) is 12.8 Å². The molecule has 0 aromatic carbocycles. The smallest absolute Gasteiger partial charge is 0.168 e. The minimum atomic E-state index is -0.903. The lowest BCUT2D eigenvalue weighted by Gasteiger charge is -2.04. The molecular formula is C70H130N2O4. The second kappa shape index (κ2) is 68.3. The highest BCUT2D eigenvalue weighted by molar-refractivity contribution is 5.64. The molecule has 0 unspecified atom stereocenters. The van der Waals surface area contributed by atoms with Crippen molar-refractivity contribution in [3.8, 4) is 0 Å². The molecule has 0 bridgehead atoms. The Balaban J connectivity index is 0. The summed E-state index contributed by atoms with van der Waals surface area (Å²) in [6.45, 7) is 11.5. The molecular weight excluding hydrogens is 933 g/mol. The highest BCUT2D eigenvalue weighted by Crippen LogP contribution is 2.16. The van der Waals surface area contributed by atoms with Gasteiger partial charge in [-0.15, -0.1) is 0 Å². The van der Waals surface area contributed by atoms with Crippen molar-refractivity contribution in [2.24, 2.45) is 0 Å². The number of nitrogens with zero attached hydrogens (tertiary/aromatic N) is 2. The Kier molecular flexibility index (Phi) is 67.7. The van der Waals surface area contributed by atoms with E-state index in [0.29, 0.717) is 0 Å². The summed E-state index contributed by atoms with van der Waals surface area (Å²) < 4.78 is 4.56. The minimum absolute atomic E-state index is 0.234. The molecule has 76 heavy (non-hydrogen) atoms. The van der Waals surface area contributed by atoms with E-state index in [4.69, 9.17) is 0 Å². The summed E-state index contributed by atoms with van der Waals surface area (Å²) in [5, 5.41) is 20.4. The number of carboxylic acids is 2. The third kappa shape index (κ3) is 69.3. The van der Waals surface area contributed by atoms with Gasteiger partial charge in [-0.05, 0) is 38.5 Å². The van der Waals surface area contributed by atoms with Crippen molar-refractivity contribution in [1.82, 2.24) is 0 Å². The Morgan fingerprint density at radius 3 is 0.566 bits per heavy atom. The van der Waals surface area contributed by atoms with Crippen molar-refractivity contribution >= 4 is 11.9 Å². The summed E-state index contributed by atoms with van der Waals surface area (Å²) in [5.74, 6) is -1.81. The van der Waals surface area contributed by atoms with E-state index in [9.17, 15) is 19.8 Å². The Morgan fingerprint density at radius 1 is 0.237 bits per heavy atom. The zero-order chi connectivity index (χ0) is 55.6. The van der Waals surface area contributed by atoms with Crippen LogP contribution < -0.4 is 19.3 Å². The molecule has 0 amide bonds. The molecule has 0 aliphatic rings. The summed E-state index contributed by atoms with van der Waals surface area (Å²) in [5.41, 5.74) is 0. The normalized spacial score (nSPS) is 10.8. The predicted octanol–water partition coefficient (Wildman–Crippen LogP) is 19.8. The predicted molar refractivity (Wildman–Crippen MR) is 326 cm³/mol. The van der Waals surface area contributed by atoms with Crippen LogP contribution in [0.25, 0.3) is 0 Å². The molecule has 0 spiro atoms. The number of aliphatic carboxylic acids is 2. The Hall–Kier alpha value is -2.76. The number of aryl methyl sites for hydroxylation is 2. The van der Waals surface area contributed by atoms with Gasteiger partial charge in [-0.2, -0.15) is 0 Å². The summed E-state index contributed by atoms with van der Waals surface area (Å²) in [7, 11) is 0. The average Bonchev–Trinajstić information content (AvgIpc) is 3.43. The number of rotatable bonds is 54. The molecule has 444 valence electrons. The van der Waals surface area contributed by atoms with Crippen LogP contribution in [0.4, 0.5) is 0 Å². The van der Waals surface area contributed by atoms with Gasteiger partial charge in [-0.25, -0.2) is 9.13 Å². The number of unbranched alkanes of at least 4 members (excludes halogenated alkanes) is 46. The number of carbonyl (C=O) groups is 2. The third-order valence-corrected chi connectivity index (χ3v) is 15.1. The van der Waals surface area contributed by atoms with Gasteiger partial charge in [-0.3, -0.25) is 0 Å². The number of aromatic nitrogens is 2. The monoisotopic (exact) mass is 1060 g/mol. The first-order valence-electron chi connectivity index (χ1n) is 33.7. The number of pyridine rings is 2. The van der Waals surface area contributed by atoms with E-state index in [2.05, 4.69) is 98.0 Å². The third-order valence-electron chi connectivity index (χ3n) is 15.1. The van der Waals surface area contributed by atoms with Gasteiger partial charge in [0.25, 0.3) is 0 Å². The second-order valence-corrected chi connectivity index (χ2v) is 22.7. The first kappa shape index (κ1) is 75.3. The number of carboxylic acid groups (broad SMARTS) is 2. The molecule has 0 aliphatic carbocycles. The molecule has 2 aromatic rings. The van der Waals surface area contributed by atoms with E-state index >= 15 is 0 Å².